The third kappa shape index (κ3) is 6.21. The summed E-state index contributed by atoms with van der Waals surface area (Å²) < 4.78 is 70.8. The Morgan fingerprint density at radius 2 is 1.41 bits per heavy atom. The van der Waals surface area contributed by atoms with Crippen LogP contribution in [0.4, 0.5) is 22.0 Å². The largest absolute Gasteiger partial charge is 0.573 e. The highest BCUT2D eigenvalue weighted by atomic mass is 28.3. The first-order valence-electron chi connectivity index (χ1n) is 12.6. The lowest BCUT2D eigenvalue weighted by atomic mass is 9.72. The summed E-state index contributed by atoms with van der Waals surface area (Å²) >= 11 is 0. The fraction of sp³-hybridized carbons (Fsp3) is 0.556. The van der Waals surface area contributed by atoms with Crippen LogP contribution in [0.3, 0.4) is 0 Å². The van der Waals surface area contributed by atoms with Crippen LogP contribution in [0.2, 0.25) is 18.1 Å². The summed E-state index contributed by atoms with van der Waals surface area (Å²) in [5.41, 5.74) is 0.652. The normalized spacial score (nSPS) is 25.8. The summed E-state index contributed by atoms with van der Waals surface area (Å²) in [6.45, 7) is 2.29. The third-order valence-electron chi connectivity index (χ3n) is 7.94. The molecule has 0 unspecified atom stereocenters. The van der Waals surface area contributed by atoms with Gasteiger partial charge in [-0.05, 0) is 78.8 Å². The van der Waals surface area contributed by atoms with E-state index in [1.54, 1.807) is 0 Å². The number of rotatable bonds is 6. The van der Waals surface area contributed by atoms with Crippen molar-refractivity contribution in [2.24, 2.45) is 11.8 Å². The molecule has 1 aliphatic heterocycles. The molecule has 7 heteroatoms. The number of hydrogen-bond donors (Lipinski definition) is 0. The summed E-state index contributed by atoms with van der Waals surface area (Å²) in [6, 6.07) is 11.9. The summed E-state index contributed by atoms with van der Waals surface area (Å²) in [6.07, 6.45) is 3.46. The van der Waals surface area contributed by atoms with Crippen LogP contribution >= 0.6 is 0 Å². The maximum atomic E-state index is 14.9. The first-order chi connectivity index (χ1) is 16.2. The minimum Gasteiger partial charge on any atom is -0.406 e. The molecule has 186 valence electrons. The second kappa shape index (κ2) is 10.8. The van der Waals surface area contributed by atoms with E-state index >= 15 is 0 Å². The van der Waals surface area contributed by atoms with E-state index in [9.17, 15) is 22.0 Å². The van der Waals surface area contributed by atoms with Crippen LogP contribution in [-0.2, 0) is 0 Å². The lowest BCUT2D eigenvalue weighted by Gasteiger charge is -2.37. The van der Waals surface area contributed by atoms with Crippen molar-refractivity contribution in [3.05, 3.63) is 53.6 Å². The van der Waals surface area contributed by atoms with Crippen LogP contribution in [0.15, 0.2) is 36.4 Å². The molecule has 0 amide bonds. The Kier molecular flexibility index (Phi) is 8.00. The Morgan fingerprint density at radius 1 is 0.853 bits per heavy atom. The van der Waals surface area contributed by atoms with Gasteiger partial charge in [0.1, 0.15) is 17.4 Å². The minimum atomic E-state index is -4.81. The first kappa shape index (κ1) is 25.2. The average Bonchev–Trinajstić information content (AvgIpc) is 2.80. The molecule has 2 fully saturated rings. The summed E-state index contributed by atoms with van der Waals surface area (Å²) in [5.74, 6) is -0.0446. The van der Waals surface area contributed by atoms with Gasteiger partial charge in [0.15, 0.2) is 0 Å². The van der Waals surface area contributed by atoms with E-state index in [1.165, 1.54) is 61.7 Å². The number of halogens is 5. The molecular formula is C27H33F5OSi. The number of alkyl halides is 3. The highest BCUT2D eigenvalue weighted by molar-refractivity contribution is 6.58. The number of benzene rings is 2. The van der Waals surface area contributed by atoms with Gasteiger partial charge in [-0.15, -0.1) is 13.2 Å². The summed E-state index contributed by atoms with van der Waals surface area (Å²) in [4.78, 5) is 0. The molecule has 1 saturated heterocycles. The molecule has 0 atom stereocenters. The van der Waals surface area contributed by atoms with Gasteiger partial charge >= 0.3 is 6.36 Å². The van der Waals surface area contributed by atoms with E-state index in [1.807, 2.05) is 0 Å². The Balaban J connectivity index is 1.38. The van der Waals surface area contributed by atoms with Crippen LogP contribution in [0.5, 0.6) is 5.75 Å². The predicted molar refractivity (Wildman–Crippen MR) is 128 cm³/mol. The maximum Gasteiger partial charge on any atom is 0.573 e. The Hall–Kier alpha value is -1.89. The molecule has 2 aromatic rings. The molecule has 0 spiro atoms. The molecule has 0 bridgehead atoms. The number of ether oxygens (including phenoxy) is 1. The molecule has 2 aromatic carbocycles. The fourth-order valence-electron chi connectivity index (χ4n) is 6.21. The molecule has 1 saturated carbocycles. The monoisotopic (exact) mass is 496 g/mol. The van der Waals surface area contributed by atoms with Crippen LogP contribution in [0.25, 0.3) is 11.1 Å². The van der Waals surface area contributed by atoms with Gasteiger partial charge in [0.05, 0.1) is 5.56 Å². The van der Waals surface area contributed by atoms with Gasteiger partial charge in [-0.3, -0.25) is 0 Å². The van der Waals surface area contributed by atoms with Crippen molar-refractivity contribution in [1.82, 2.24) is 0 Å². The molecular weight excluding hydrogens is 463 g/mol. The van der Waals surface area contributed by atoms with Gasteiger partial charge < -0.3 is 4.74 Å². The fourth-order valence-corrected chi connectivity index (χ4v) is 9.69. The molecule has 0 N–H and O–H groups in total. The molecule has 1 nitrogen and oxygen atoms in total. The standard InChI is InChI=1S/C27H33F5OSi/c1-2-13-34-14-11-20(12-15-34)18-3-5-19(6-4-18)22-16-24(28)26(25(29)17-22)21-7-9-23(10-8-21)33-27(30,31)32/h7-10,16-20,34H,2-6,11-15H2,1H3. The van der Waals surface area contributed by atoms with E-state index < -0.39 is 32.5 Å². The zero-order valence-electron chi connectivity index (χ0n) is 19.6. The second-order valence-electron chi connectivity index (χ2n) is 10.1. The van der Waals surface area contributed by atoms with Gasteiger partial charge in [-0.2, -0.15) is 0 Å². The first-order valence-corrected chi connectivity index (χ1v) is 15.0. The van der Waals surface area contributed by atoms with Gasteiger partial charge in [0.2, 0.25) is 0 Å². The Bertz CT molecular complexity index is 919. The topological polar surface area (TPSA) is 9.23 Å². The van der Waals surface area contributed by atoms with Crippen molar-refractivity contribution in [3.8, 4) is 16.9 Å². The molecule has 34 heavy (non-hydrogen) atoms. The van der Waals surface area contributed by atoms with Crippen molar-refractivity contribution in [3.63, 3.8) is 0 Å². The smallest absolute Gasteiger partial charge is 0.406 e. The minimum absolute atomic E-state index is 0.155. The predicted octanol–water partition coefficient (Wildman–Crippen LogP) is 8.85. The summed E-state index contributed by atoms with van der Waals surface area (Å²) in [5, 5.41) is 0. The van der Waals surface area contributed by atoms with Crippen molar-refractivity contribution in [1.29, 1.82) is 0 Å². The van der Waals surface area contributed by atoms with E-state index in [2.05, 4.69) is 11.7 Å². The molecule has 2 aliphatic rings. The molecule has 0 radical (unpaired) electrons. The van der Waals surface area contributed by atoms with Crippen LogP contribution in [0.1, 0.15) is 63.4 Å². The lowest BCUT2D eigenvalue weighted by Crippen LogP contribution is -2.28. The van der Waals surface area contributed by atoms with E-state index in [0.29, 0.717) is 5.56 Å². The Morgan fingerprint density at radius 3 is 1.94 bits per heavy atom. The van der Waals surface area contributed by atoms with Crippen molar-refractivity contribution >= 4 is 8.80 Å². The maximum absolute atomic E-state index is 14.9. The third-order valence-corrected chi connectivity index (χ3v) is 11.6. The zero-order chi connectivity index (χ0) is 24.3. The molecule has 0 aromatic heterocycles. The van der Waals surface area contributed by atoms with Gasteiger partial charge in [-0.1, -0.05) is 56.5 Å². The van der Waals surface area contributed by atoms with Crippen molar-refractivity contribution in [2.45, 2.75) is 82.3 Å². The van der Waals surface area contributed by atoms with Gasteiger partial charge in [0, 0.05) is 8.80 Å². The molecule has 1 aliphatic carbocycles. The van der Waals surface area contributed by atoms with Crippen LogP contribution < -0.4 is 4.74 Å². The molecule has 4 rings (SSSR count). The van der Waals surface area contributed by atoms with E-state index in [-0.39, 0.29) is 17.0 Å². The Labute approximate surface area is 200 Å². The van der Waals surface area contributed by atoms with Crippen LogP contribution in [-0.4, -0.2) is 15.2 Å². The quantitative estimate of drug-likeness (QED) is 0.287. The summed E-state index contributed by atoms with van der Waals surface area (Å²) in [7, 11) is -0.476. The number of hydrogen-bond acceptors (Lipinski definition) is 1. The van der Waals surface area contributed by atoms with Gasteiger partial charge in [-0.25, -0.2) is 8.78 Å². The average molecular weight is 497 g/mol. The molecule has 1 heterocycles. The van der Waals surface area contributed by atoms with Gasteiger partial charge in [0.25, 0.3) is 0 Å². The van der Waals surface area contributed by atoms with E-state index in [0.717, 1.165) is 49.7 Å². The second-order valence-corrected chi connectivity index (χ2v) is 13.6. The van der Waals surface area contributed by atoms with Crippen molar-refractivity contribution < 1.29 is 26.7 Å². The SMILES string of the molecule is CCC[SiH]1CCC(C2CCC(c3cc(F)c(-c4ccc(OC(F)(F)F)cc4)c(F)c3)CC2)CC1. The van der Waals surface area contributed by atoms with Crippen LogP contribution in [0, 0.1) is 23.5 Å². The highest BCUT2D eigenvalue weighted by Crippen LogP contribution is 2.44. The van der Waals surface area contributed by atoms with Crippen molar-refractivity contribution in [2.75, 3.05) is 0 Å². The van der Waals surface area contributed by atoms with E-state index in [4.69, 9.17) is 0 Å². The zero-order valence-corrected chi connectivity index (χ0v) is 20.8. The lowest BCUT2D eigenvalue weighted by molar-refractivity contribution is -0.274. The highest BCUT2D eigenvalue weighted by Gasteiger charge is 2.32.